The molecule has 0 aromatic heterocycles. The number of rotatable bonds is 7. The van der Waals surface area contributed by atoms with E-state index in [1.807, 2.05) is 25.1 Å². The SMILES string of the molecule is CCNC(CCCS(C)(=O)=O)c1ccc(Br)cc1Cl. The van der Waals surface area contributed by atoms with Crippen LogP contribution in [0.3, 0.4) is 0 Å². The molecule has 0 saturated carbocycles. The largest absolute Gasteiger partial charge is 0.310 e. The maximum absolute atomic E-state index is 11.2. The van der Waals surface area contributed by atoms with Crippen LogP contribution < -0.4 is 5.32 Å². The lowest BCUT2D eigenvalue weighted by Crippen LogP contribution is -2.22. The molecule has 6 heteroatoms. The van der Waals surface area contributed by atoms with Crippen molar-refractivity contribution in [2.75, 3.05) is 18.6 Å². The van der Waals surface area contributed by atoms with E-state index in [2.05, 4.69) is 21.2 Å². The number of sulfone groups is 1. The van der Waals surface area contributed by atoms with Crippen LogP contribution >= 0.6 is 27.5 Å². The molecule has 1 unspecified atom stereocenters. The molecular formula is C13H19BrClNO2S. The summed E-state index contributed by atoms with van der Waals surface area (Å²) in [5.41, 5.74) is 1.01. The van der Waals surface area contributed by atoms with Gasteiger partial charge in [0.15, 0.2) is 0 Å². The minimum absolute atomic E-state index is 0.0901. The molecule has 108 valence electrons. The first-order chi connectivity index (χ1) is 8.83. The number of hydrogen-bond acceptors (Lipinski definition) is 3. The van der Waals surface area contributed by atoms with Gasteiger partial charge in [0.25, 0.3) is 0 Å². The van der Waals surface area contributed by atoms with Gasteiger partial charge in [0.05, 0.1) is 0 Å². The Bertz CT molecular complexity index is 519. The molecular weight excluding hydrogens is 350 g/mol. The second-order valence-corrected chi connectivity index (χ2v) is 8.13. The van der Waals surface area contributed by atoms with E-state index in [1.54, 1.807) is 0 Å². The summed E-state index contributed by atoms with van der Waals surface area (Å²) in [6, 6.07) is 5.87. The number of hydrogen-bond donors (Lipinski definition) is 1. The van der Waals surface area contributed by atoms with Gasteiger partial charge in [-0.15, -0.1) is 0 Å². The van der Waals surface area contributed by atoms with Gasteiger partial charge >= 0.3 is 0 Å². The molecule has 1 rings (SSSR count). The second-order valence-electron chi connectivity index (χ2n) is 4.55. The highest BCUT2D eigenvalue weighted by Gasteiger charge is 2.15. The van der Waals surface area contributed by atoms with Crippen LogP contribution in [0.25, 0.3) is 0 Å². The van der Waals surface area contributed by atoms with E-state index in [0.717, 1.165) is 23.0 Å². The standard InChI is InChI=1S/C13H19BrClNO2S/c1-3-16-13(5-4-8-19(2,17)18)11-7-6-10(14)9-12(11)15/h6-7,9,13,16H,3-5,8H2,1-2H3. The average molecular weight is 369 g/mol. The summed E-state index contributed by atoms with van der Waals surface area (Å²) < 4.78 is 23.3. The van der Waals surface area contributed by atoms with Crippen molar-refractivity contribution >= 4 is 37.4 Å². The molecule has 0 amide bonds. The Hall–Kier alpha value is -0.100. The zero-order valence-corrected chi connectivity index (χ0v) is 14.3. The number of benzene rings is 1. The summed E-state index contributed by atoms with van der Waals surface area (Å²) in [5, 5.41) is 4.05. The van der Waals surface area contributed by atoms with Crippen molar-refractivity contribution in [3.8, 4) is 0 Å². The van der Waals surface area contributed by atoms with Gasteiger partial charge in [0.1, 0.15) is 9.84 Å². The second kappa shape index (κ2) is 7.62. The van der Waals surface area contributed by atoms with Crippen molar-refractivity contribution in [2.24, 2.45) is 0 Å². The van der Waals surface area contributed by atoms with Crippen LogP contribution in [0.1, 0.15) is 31.4 Å². The maximum atomic E-state index is 11.2. The fraction of sp³-hybridized carbons (Fsp3) is 0.538. The van der Waals surface area contributed by atoms with E-state index in [4.69, 9.17) is 11.6 Å². The Balaban J connectivity index is 2.76. The summed E-state index contributed by atoms with van der Waals surface area (Å²) in [4.78, 5) is 0. The molecule has 1 aromatic carbocycles. The Labute approximate surface area is 128 Å². The van der Waals surface area contributed by atoms with E-state index >= 15 is 0 Å². The Kier molecular flexibility index (Phi) is 6.80. The monoisotopic (exact) mass is 367 g/mol. The molecule has 0 aliphatic heterocycles. The van der Waals surface area contributed by atoms with Gasteiger partial charge in [-0.2, -0.15) is 0 Å². The minimum atomic E-state index is -2.90. The first-order valence-electron chi connectivity index (χ1n) is 6.19. The smallest absolute Gasteiger partial charge is 0.147 e. The summed E-state index contributed by atoms with van der Waals surface area (Å²) in [7, 11) is -2.90. The lowest BCUT2D eigenvalue weighted by Gasteiger charge is -2.19. The molecule has 0 aliphatic rings. The highest BCUT2D eigenvalue weighted by Crippen LogP contribution is 2.29. The normalized spacial score (nSPS) is 13.5. The summed E-state index contributed by atoms with van der Waals surface area (Å²) in [6.45, 7) is 2.84. The zero-order chi connectivity index (χ0) is 14.5. The first-order valence-corrected chi connectivity index (χ1v) is 9.42. The van der Waals surface area contributed by atoms with Crippen LogP contribution in [0.15, 0.2) is 22.7 Å². The van der Waals surface area contributed by atoms with Crippen molar-refractivity contribution in [3.05, 3.63) is 33.3 Å². The molecule has 0 fully saturated rings. The van der Waals surface area contributed by atoms with E-state index in [1.165, 1.54) is 6.26 Å². The molecule has 0 aliphatic carbocycles. The molecule has 3 nitrogen and oxygen atoms in total. The third kappa shape index (κ3) is 6.25. The van der Waals surface area contributed by atoms with Crippen LogP contribution in [0.4, 0.5) is 0 Å². The molecule has 1 atom stereocenters. The van der Waals surface area contributed by atoms with Gasteiger partial charge in [-0.25, -0.2) is 8.42 Å². The van der Waals surface area contributed by atoms with Crippen LogP contribution in [0.2, 0.25) is 5.02 Å². The van der Waals surface area contributed by atoms with E-state index in [-0.39, 0.29) is 11.8 Å². The minimum Gasteiger partial charge on any atom is -0.310 e. The maximum Gasteiger partial charge on any atom is 0.147 e. The molecule has 19 heavy (non-hydrogen) atoms. The fourth-order valence-electron chi connectivity index (χ4n) is 1.95. The third-order valence-corrected chi connectivity index (χ3v) is 4.65. The summed E-state index contributed by atoms with van der Waals surface area (Å²) >= 11 is 9.62. The quantitative estimate of drug-likeness (QED) is 0.800. The third-order valence-electron chi connectivity index (χ3n) is 2.80. The van der Waals surface area contributed by atoms with Crippen LogP contribution in [0.5, 0.6) is 0 Å². The number of nitrogens with one attached hydrogen (secondary N) is 1. The molecule has 0 heterocycles. The van der Waals surface area contributed by atoms with Gasteiger partial charge < -0.3 is 5.32 Å². The van der Waals surface area contributed by atoms with Gasteiger partial charge in [-0.05, 0) is 37.1 Å². The van der Waals surface area contributed by atoms with E-state index < -0.39 is 9.84 Å². The Morgan fingerprint density at radius 2 is 2.11 bits per heavy atom. The number of halogens is 2. The van der Waals surface area contributed by atoms with E-state index in [9.17, 15) is 8.42 Å². The van der Waals surface area contributed by atoms with Crippen molar-refractivity contribution < 1.29 is 8.42 Å². The molecule has 0 bridgehead atoms. The fourth-order valence-corrected chi connectivity index (χ4v) is 3.44. The van der Waals surface area contributed by atoms with Crippen molar-refractivity contribution in [1.29, 1.82) is 0 Å². The highest BCUT2D eigenvalue weighted by atomic mass is 79.9. The molecule has 1 aromatic rings. The topological polar surface area (TPSA) is 46.2 Å². The highest BCUT2D eigenvalue weighted by molar-refractivity contribution is 9.10. The van der Waals surface area contributed by atoms with E-state index in [0.29, 0.717) is 11.4 Å². The van der Waals surface area contributed by atoms with Gasteiger partial charge in [0.2, 0.25) is 0 Å². The van der Waals surface area contributed by atoms with Gasteiger partial charge in [-0.1, -0.05) is 40.5 Å². The van der Waals surface area contributed by atoms with Gasteiger partial charge in [0, 0.05) is 27.5 Å². The molecule has 0 spiro atoms. The first kappa shape index (κ1) is 17.0. The Morgan fingerprint density at radius 1 is 1.42 bits per heavy atom. The van der Waals surface area contributed by atoms with Crippen LogP contribution in [0, 0.1) is 0 Å². The van der Waals surface area contributed by atoms with Crippen molar-refractivity contribution in [2.45, 2.75) is 25.8 Å². The van der Waals surface area contributed by atoms with Crippen molar-refractivity contribution in [3.63, 3.8) is 0 Å². The van der Waals surface area contributed by atoms with Crippen LogP contribution in [-0.4, -0.2) is 27.0 Å². The lowest BCUT2D eigenvalue weighted by molar-refractivity contribution is 0.507. The lowest BCUT2D eigenvalue weighted by atomic mass is 10.0. The summed E-state index contributed by atoms with van der Waals surface area (Å²) in [6.07, 6.45) is 2.65. The Morgan fingerprint density at radius 3 is 2.63 bits per heavy atom. The van der Waals surface area contributed by atoms with Gasteiger partial charge in [-0.3, -0.25) is 0 Å². The van der Waals surface area contributed by atoms with Crippen molar-refractivity contribution in [1.82, 2.24) is 5.32 Å². The zero-order valence-electron chi connectivity index (χ0n) is 11.1. The predicted octanol–water partition coefficient (Wildman–Crippen LogP) is 3.58. The molecule has 0 saturated heterocycles. The molecule has 0 radical (unpaired) electrons. The average Bonchev–Trinajstić information content (AvgIpc) is 2.26. The molecule has 1 N–H and O–H groups in total. The summed E-state index contributed by atoms with van der Waals surface area (Å²) in [5.74, 6) is 0.211. The van der Waals surface area contributed by atoms with Crippen LogP contribution in [-0.2, 0) is 9.84 Å². The predicted molar refractivity (Wildman–Crippen MR) is 84.5 cm³/mol.